The van der Waals surface area contributed by atoms with Crippen LogP contribution < -0.4 is 9.47 Å². The predicted molar refractivity (Wildman–Crippen MR) is 93.4 cm³/mol. The van der Waals surface area contributed by atoms with Gasteiger partial charge in [0, 0.05) is 10.6 Å². The van der Waals surface area contributed by atoms with Crippen LogP contribution in [0.15, 0.2) is 47.0 Å². The van der Waals surface area contributed by atoms with Gasteiger partial charge in [0.2, 0.25) is 5.82 Å². The molecule has 0 fully saturated rings. The third-order valence-electron chi connectivity index (χ3n) is 3.52. The number of aromatic nitrogens is 2. The topological polar surface area (TPSA) is 83.7 Å². The molecule has 2 aromatic carbocycles. The SMILES string of the molecule is COc1ccc(OC)c(C(=O)OCc2nc(-c3ccc(Cl)cc3)no2)c1. The number of carbonyl (C=O) groups is 1. The zero-order valence-electron chi connectivity index (χ0n) is 14.1. The molecule has 0 saturated carbocycles. The van der Waals surface area contributed by atoms with Crippen molar-refractivity contribution in [2.24, 2.45) is 0 Å². The van der Waals surface area contributed by atoms with Crippen molar-refractivity contribution in [3.8, 4) is 22.9 Å². The van der Waals surface area contributed by atoms with Gasteiger partial charge in [0.25, 0.3) is 5.89 Å². The zero-order chi connectivity index (χ0) is 18.5. The number of ether oxygens (including phenoxy) is 3. The Morgan fingerprint density at radius 3 is 2.58 bits per heavy atom. The number of hydrogen-bond acceptors (Lipinski definition) is 7. The van der Waals surface area contributed by atoms with E-state index in [-0.39, 0.29) is 18.1 Å². The van der Waals surface area contributed by atoms with Gasteiger partial charge in [-0.05, 0) is 42.5 Å². The van der Waals surface area contributed by atoms with E-state index in [2.05, 4.69) is 10.1 Å². The molecule has 0 unspecified atom stereocenters. The first-order valence-electron chi connectivity index (χ1n) is 7.58. The Morgan fingerprint density at radius 2 is 1.88 bits per heavy atom. The van der Waals surface area contributed by atoms with E-state index in [1.54, 1.807) is 36.4 Å². The Bertz CT molecular complexity index is 908. The van der Waals surface area contributed by atoms with Gasteiger partial charge in [0.05, 0.1) is 14.2 Å². The summed E-state index contributed by atoms with van der Waals surface area (Å²) >= 11 is 5.85. The quantitative estimate of drug-likeness (QED) is 0.607. The molecule has 134 valence electrons. The molecule has 26 heavy (non-hydrogen) atoms. The molecule has 3 rings (SSSR count). The first-order valence-corrected chi connectivity index (χ1v) is 7.96. The van der Waals surface area contributed by atoms with E-state index in [4.69, 9.17) is 30.3 Å². The van der Waals surface area contributed by atoms with E-state index < -0.39 is 5.97 Å². The molecule has 3 aromatic rings. The molecule has 0 aliphatic carbocycles. The van der Waals surface area contributed by atoms with Crippen LogP contribution in [0.25, 0.3) is 11.4 Å². The van der Waals surface area contributed by atoms with Crippen LogP contribution in [-0.2, 0) is 11.3 Å². The van der Waals surface area contributed by atoms with Crippen molar-refractivity contribution in [1.29, 1.82) is 0 Å². The summed E-state index contributed by atoms with van der Waals surface area (Å²) in [7, 11) is 2.97. The number of nitrogens with zero attached hydrogens (tertiary/aromatic N) is 2. The van der Waals surface area contributed by atoms with E-state index in [1.165, 1.54) is 20.3 Å². The van der Waals surface area contributed by atoms with Crippen molar-refractivity contribution in [3.63, 3.8) is 0 Å². The number of rotatable bonds is 6. The van der Waals surface area contributed by atoms with E-state index in [9.17, 15) is 4.79 Å². The van der Waals surface area contributed by atoms with Crippen LogP contribution in [0, 0.1) is 0 Å². The van der Waals surface area contributed by atoms with Gasteiger partial charge in [-0.25, -0.2) is 4.79 Å². The average Bonchev–Trinajstić information content (AvgIpc) is 3.15. The maximum atomic E-state index is 12.3. The highest BCUT2D eigenvalue weighted by molar-refractivity contribution is 6.30. The van der Waals surface area contributed by atoms with Crippen molar-refractivity contribution in [2.75, 3.05) is 14.2 Å². The highest BCUT2D eigenvalue weighted by Gasteiger charge is 2.17. The summed E-state index contributed by atoms with van der Waals surface area (Å²) in [5.41, 5.74) is 0.981. The van der Waals surface area contributed by atoms with Crippen LogP contribution in [-0.4, -0.2) is 30.3 Å². The molecule has 8 heteroatoms. The molecule has 7 nitrogen and oxygen atoms in total. The summed E-state index contributed by atoms with van der Waals surface area (Å²) in [6, 6.07) is 11.8. The minimum absolute atomic E-state index is 0.167. The smallest absolute Gasteiger partial charge is 0.342 e. The highest BCUT2D eigenvalue weighted by Crippen LogP contribution is 2.25. The van der Waals surface area contributed by atoms with Crippen LogP contribution in [0.3, 0.4) is 0 Å². The summed E-state index contributed by atoms with van der Waals surface area (Å²) in [6.45, 7) is -0.167. The zero-order valence-corrected chi connectivity index (χ0v) is 14.8. The number of esters is 1. The van der Waals surface area contributed by atoms with Gasteiger partial charge in [-0.15, -0.1) is 0 Å². The summed E-state index contributed by atoms with van der Waals surface area (Å²) in [4.78, 5) is 16.5. The molecule has 0 radical (unpaired) electrons. The van der Waals surface area contributed by atoms with E-state index >= 15 is 0 Å². The molecule has 0 saturated heterocycles. The van der Waals surface area contributed by atoms with Crippen molar-refractivity contribution >= 4 is 17.6 Å². The molecule has 0 N–H and O–H groups in total. The summed E-state index contributed by atoms with van der Waals surface area (Å²) in [5, 5.41) is 4.47. The number of methoxy groups -OCH3 is 2. The second-order valence-corrected chi connectivity index (χ2v) is 5.60. The first-order chi connectivity index (χ1) is 12.6. The maximum Gasteiger partial charge on any atom is 0.342 e. The largest absolute Gasteiger partial charge is 0.497 e. The van der Waals surface area contributed by atoms with Gasteiger partial charge in [-0.1, -0.05) is 16.8 Å². The number of carbonyl (C=O) groups excluding carboxylic acids is 1. The predicted octanol–water partition coefficient (Wildman–Crippen LogP) is 3.76. The van der Waals surface area contributed by atoms with Crippen LogP contribution in [0.4, 0.5) is 0 Å². The standard InChI is InChI=1S/C18H15ClN2O5/c1-23-13-7-8-15(24-2)14(9-13)18(22)25-10-16-20-17(21-26-16)11-3-5-12(19)6-4-11/h3-9H,10H2,1-2H3. The number of benzene rings is 2. The lowest BCUT2D eigenvalue weighted by atomic mass is 10.2. The molecule has 0 aliphatic rings. The Balaban J connectivity index is 1.70. The summed E-state index contributed by atoms with van der Waals surface area (Å²) in [6.07, 6.45) is 0. The molecule has 0 spiro atoms. The van der Waals surface area contributed by atoms with Crippen LogP contribution in [0.1, 0.15) is 16.2 Å². The normalized spacial score (nSPS) is 10.4. The summed E-state index contributed by atoms with van der Waals surface area (Å²) in [5.74, 6) is 0.854. The third kappa shape index (κ3) is 3.94. The number of hydrogen-bond donors (Lipinski definition) is 0. The van der Waals surface area contributed by atoms with Crippen molar-refractivity contribution in [1.82, 2.24) is 10.1 Å². The Kier molecular flexibility index (Phi) is 5.38. The van der Waals surface area contributed by atoms with E-state index in [0.717, 1.165) is 5.56 Å². The van der Waals surface area contributed by atoms with E-state index in [0.29, 0.717) is 22.3 Å². The molecular weight excluding hydrogens is 360 g/mol. The molecule has 0 atom stereocenters. The lowest BCUT2D eigenvalue weighted by Crippen LogP contribution is -2.07. The molecule has 1 heterocycles. The fourth-order valence-corrected chi connectivity index (χ4v) is 2.33. The lowest BCUT2D eigenvalue weighted by Gasteiger charge is -2.09. The van der Waals surface area contributed by atoms with Gasteiger partial charge < -0.3 is 18.7 Å². The van der Waals surface area contributed by atoms with Gasteiger partial charge >= 0.3 is 5.97 Å². The first kappa shape index (κ1) is 17.8. The van der Waals surface area contributed by atoms with Crippen molar-refractivity contribution in [3.05, 3.63) is 58.9 Å². The Morgan fingerprint density at radius 1 is 1.12 bits per heavy atom. The Hall–Kier alpha value is -3.06. The Labute approximate surface area is 154 Å². The third-order valence-corrected chi connectivity index (χ3v) is 3.78. The fourth-order valence-electron chi connectivity index (χ4n) is 2.21. The van der Waals surface area contributed by atoms with Gasteiger partial charge in [0.1, 0.15) is 17.1 Å². The molecule has 1 aromatic heterocycles. The van der Waals surface area contributed by atoms with Gasteiger partial charge in [-0.2, -0.15) is 4.98 Å². The summed E-state index contributed by atoms with van der Waals surface area (Å²) < 4.78 is 20.6. The fraction of sp³-hybridized carbons (Fsp3) is 0.167. The van der Waals surface area contributed by atoms with Gasteiger partial charge in [0.15, 0.2) is 6.61 Å². The second kappa shape index (κ2) is 7.88. The number of halogens is 1. The second-order valence-electron chi connectivity index (χ2n) is 5.16. The van der Waals surface area contributed by atoms with Crippen molar-refractivity contribution in [2.45, 2.75) is 6.61 Å². The van der Waals surface area contributed by atoms with Crippen molar-refractivity contribution < 1.29 is 23.5 Å². The average molecular weight is 375 g/mol. The monoisotopic (exact) mass is 374 g/mol. The lowest BCUT2D eigenvalue weighted by molar-refractivity contribution is 0.0426. The minimum Gasteiger partial charge on any atom is -0.497 e. The minimum atomic E-state index is -0.591. The van der Waals surface area contributed by atoms with Crippen LogP contribution in [0.2, 0.25) is 5.02 Å². The van der Waals surface area contributed by atoms with E-state index in [1.807, 2.05) is 0 Å². The molecule has 0 amide bonds. The molecule has 0 bridgehead atoms. The van der Waals surface area contributed by atoms with Gasteiger partial charge in [-0.3, -0.25) is 0 Å². The highest BCUT2D eigenvalue weighted by atomic mass is 35.5. The van der Waals surface area contributed by atoms with Crippen LogP contribution >= 0.6 is 11.6 Å². The molecular formula is C18H15ClN2O5. The molecule has 0 aliphatic heterocycles. The van der Waals surface area contributed by atoms with Crippen LogP contribution in [0.5, 0.6) is 11.5 Å². The maximum absolute atomic E-state index is 12.3.